The van der Waals surface area contributed by atoms with Crippen LogP contribution in [0.2, 0.25) is 0 Å². The number of phenols is 1. The van der Waals surface area contributed by atoms with Gasteiger partial charge in [-0.05, 0) is 122 Å². The van der Waals surface area contributed by atoms with Crippen molar-refractivity contribution in [3.8, 4) is 5.75 Å². The Morgan fingerprint density at radius 1 is 0.632 bits per heavy atom. The van der Waals surface area contributed by atoms with Gasteiger partial charge < -0.3 is 79.1 Å². The fraction of sp³-hybridized carbons (Fsp3) is 0.400. The normalized spacial score (nSPS) is 22.6. The fourth-order valence-electron chi connectivity index (χ4n) is 11.2. The van der Waals surface area contributed by atoms with Gasteiger partial charge in [0.2, 0.25) is 59.1 Å². The summed E-state index contributed by atoms with van der Waals surface area (Å²) in [6.45, 7) is 0.854. The van der Waals surface area contributed by atoms with Crippen molar-refractivity contribution in [3.63, 3.8) is 0 Å². The molecule has 4 heterocycles. The molecule has 16 N–H and O–H groups in total. The van der Waals surface area contributed by atoms with Crippen LogP contribution in [0.4, 0.5) is 8.78 Å². The molecule has 0 saturated carbocycles. The first-order valence-corrected chi connectivity index (χ1v) is 33.3. The molecule has 2 aromatic heterocycles. The Morgan fingerprint density at radius 3 is 1.84 bits per heavy atom. The van der Waals surface area contributed by atoms with Crippen molar-refractivity contribution in [2.24, 2.45) is 11.5 Å². The number of nitrogens with zero attached hydrogens (tertiary/aromatic N) is 1. The van der Waals surface area contributed by atoms with Crippen LogP contribution < -0.4 is 54.0 Å². The minimum Gasteiger partial charge on any atom is -0.508 e. The maximum Gasteiger partial charge on any atom is 0.305 e. The molecule has 2 bridgehead atoms. The number of fused-ring (bicyclic) bond motifs is 5. The van der Waals surface area contributed by atoms with Gasteiger partial charge in [0, 0.05) is 89.4 Å². The molecule has 8 atom stereocenters. The van der Waals surface area contributed by atoms with Gasteiger partial charge in [-0.1, -0.05) is 36.4 Å². The number of carbonyl (C=O) groups is 11. The second-order valence-electron chi connectivity index (χ2n) is 23.3. The molecule has 4 aromatic carbocycles. The molecule has 0 radical (unpaired) electrons. The van der Waals surface area contributed by atoms with Crippen molar-refractivity contribution in [2.75, 3.05) is 31.1 Å². The zero-order valence-corrected chi connectivity index (χ0v) is 53.6. The Labute approximate surface area is 553 Å². The molecular weight excluding hydrogens is 1270 g/mol. The molecule has 0 spiro atoms. The van der Waals surface area contributed by atoms with Crippen LogP contribution in [0.15, 0.2) is 97.3 Å². The number of rotatable bonds is 13. The van der Waals surface area contributed by atoms with E-state index in [4.69, 9.17) is 11.5 Å². The van der Waals surface area contributed by atoms with Gasteiger partial charge in [-0.25, -0.2) is 8.78 Å². The van der Waals surface area contributed by atoms with E-state index < -0.39 is 144 Å². The van der Waals surface area contributed by atoms with Crippen molar-refractivity contribution in [1.82, 2.24) is 57.4 Å². The summed E-state index contributed by atoms with van der Waals surface area (Å²) in [7, 11) is 0. The molecule has 8 rings (SSSR count). The molecule has 95 heavy (non-hydrogen) atoms. The van der Waals surface area contributed by atoms with Gasteiger partial charge in [0.1, 0.15) is 65.7 Å². The highest BCUT2D eigenvalue weighted by Gasteiger charge is 2.40. The van der Waals surface area contributed by atoms with Crippen LogP contribution in [0.3, 0.4) is 0 Å². The minimum absolute atomic E-state index is 0.0165. The lowest BCUT2D eigenvalue weighted by molar-refractivity contribution is -0.142. The van der Waals surface area contributed by atoms with E-state index in [0.717, 1.165) is 17.2 Å². The predicted octanol–water partition coefficient (Wildman–Crippen LogP) is 1.84. The van der Waals surface area contributed by atoms with Gasteiger partial charge in [0.15, 0.2) is 0 Å². The molecule has 30 heteroatoms. The highest BCUT2D eigenvalue weighted by Crippen LogP contribution is 2.26. The lowest BCUT2D eigenvalue weighted by atomic mass is 10.0. The van der Waals surface area contributed by atoms with Crippen molar-refractivity contribution in [1.29, 1.82) is 0 Å². The van der Waals surface area contributed by atoms with E-state index in [1.54, 1.807) is 0 Å². The Morgan fingerprint density at radius 2 is 1.22 bits per heavy atom. The van der Waals surface area contributed by atoms with Crippen LogP contribution in [0.1, 0.15) is 79.7 Å². The molecule has 10 amide bonds. The second kappa shape index (κ2) is 34.0. The molecule has 2 aliphatic heterocycles. The number of amides is 10. The molecule has 2 aliphatic rings. The minimum atomic E-state index is -1.98. The molecule has 1 fully saturated rings. The van der Waals surface area contributed by atoms with Gasteiger partial charge in [-0.3, -0.25) is 52.7 Å². The van der Waals surface area contributed by atoms with E-state index >= 15 is 0 Å². The van der Waals surface area contributed by atoms with E-state index in [2.05, 4.69) is 52.5 Å². The topological polar surface area (TPSA) is 411 Å². The molecule has 26 nitrogen and oxygen atoms in total. The maximum absolute atomic E-state index is 14.9. The average Bonchev–Trinajstić information content (AvgIpc) is 1.73. The summed E-state index contributed by atoms with van der Waals surface area (Å²) in [6, 6.07) is 9.26. The lowest BCUT2D eigenvalue weighted by Crippen LogP contribution is -2.60. The first-order valence-electron chi connectivity index (χ1n) is 30.9. The Bertz CT molecular complexity index is 3800. The Hall–Kier alpha value is -9.55. The summed E-state index contributed by atoms with van der Waals surface area (Å²) in [5.41, 5.74) is 15.3. The van der Waals surface area contributed by atoms with Crippen LogP contribution in [0.25, 0.3) is 21.8 Å². The van der Waals surface area contributed by atoms with E-state index in [-0.39, 0.29) is 61.1 Å². The number of hydrogen-bond donors (Lipinski definition) is 14. The molecule has 0 aliphatic carbocycles. The summed E-state index contributed by atoms with van der Waals surface area (Å²) < 4.78 is 29.6. The fourth-order valence-corrected chi connectivity index (χ4v) is 13.1. The van der Waals surface area contributed by atoms with Gasteiger partial charge in [0.05, 0.1) is 13.0 Å². The number of H-pyrrole nitrogens is 2. The molecular formula is C65H77F2N13O13S2. The summed E-state index contributed by atoms with van der Waals surface area (Å²) in [6.07, 6.45) is 2.46. The van der Waals surface area contributed by atoms with Gasteiger partial charge in [-0.2, -0.15) is 23.5 Å². The number of carboxylic acid groups (broad SMARTS) is 1. The standard InChI is InChI=1S/C65H77F2N13O13S2/c1-35-59(87)78-52(23-36-10-14-43(81)15-11-36)65(93)80-20-5-9-54(80)64(92)79-53(58(69)86)34-95-33-38-7-4-6-37(22-38)32-94-21-18-55(82)74-48(8-2-3-19-68)60(88)72-31-56(83)75-49(24-39-29-70-46-16-12-41(66)26-44(39)46)62(90)76-50(63(91)77-51(28-57(84)85)61(89)73-35)25-40-30-71-47-17-13-42(67)27-45(40)47/h4,6-7,10-17,22,26-27,29-30,35,48-54,70-71,81H,2-3,5,8-9,18-21,23-25,28,31-34,68H2,1H3,(H2,69,86)(H,72,88)(H,73,89)(H,74,82)(H,75,83)(H,76,90)(H,77,91)(H,78,87)(H,79,92)(H,84,85)/t35-,48-,49-,50-,51-,52-,53-,54-/m0/s1. The number of nitrogens with two attached hydrogens (primary N) is 2. The summed E-state index contributed by atoms with van der Waals surface area (Å²) >= 11 is 2.80. The van der Waals surface area contributed by atoms with Crippen LogP contribution >= 0.6 is 23.5 Å². The van der Waals surface area contributed by atoms with Gasteiger partial charge in [0.25, 0.3) is 0 Å². The van der Waals surface area contributed by atoms with E-state index in [1.807, 2.05) is 24.3 Å². The third kappa shape index (κ3) is 20.5. The summed E-state index contributed by atoms with van der Waals surface area (Å²) in [4.78, 5) is 161. The lowest BCUT2D eigenvalue weighted by Gasteiger charge is -2.30. The van der Waals surface area contributed by atoms with Crippen LogP contribution in [0.5, 0.6) is 5.75 Å². The third-order valence-electron chi connectivity index (χ3n) is 16.2. The Kier molecular flexibility index (Phi) is 25.5. The SMILES string of the molecule is C[C@@H]1NC(=O)[C@H](CC(=O)O)NC(=O)[C@H](Cc2c[nH]c3ccc(F)cc23)NC(=O)[C@H](Cc2c[nH]c3ccc(F)cc23)NC(=O)CNC(=O)[C@H](CCCCN)NC(=O)CCSCc2cccc(c2)CSC[C@@H](C(N)=O)NC(=O)[C@@H]2CCCN2C(=O)[C@H](Cc2ccc(O)cc2)NC1=O. The van der Waals surface area contributed by atoms with Crippen molar-refractivity contribution in [3.05, 3.63) is 137 Å². The average molecular weight is 1350 g/mol. The van der Waals surface area contributed by atoms with Crippen molar-refractivity contribution >= 4 is 110 Å². The number of aliphatic carboxylic acids is 1. The quantitative estimate of drug-likeness (QED) is 0.0734. The monoisotopic (exact) mass is 1350 g/mol. The number of carbonyl (C=O) groups excluding carboxylic acids is 10. The summed E-state index contributed by atoms with van der Waals surface area (Å²) in [5.74, 6) is -10.4. The maximum atomic E-state index is 14.9. The number of phenolic OH excluding ortho intramolecular Hbond substituents is 1. The number of hydrogen-bond acceptors (Lipinski definition) is 15. The van der Waals surface area contributed by atoms with Crippen LogP contribution in [-0.4, -0.2) is 170 Å². The summed E-state index contributed by atoms with van der Waals surface area (Å²) in [5, 5.41) is 41.4. The number of aromatic amines is 2. The number of thioether (sulfide) groups is 2. The molecule has 506 valence electrons. The zero-order valence-electron chi connectivity index (χ0n) is 51.9. The first-order chi connectivity index (χ1) is 45.5. The number of carboxylic acids is 1. The third-order valence-corrected chi connectivity index (χ3v) is 18.3. The molecule has 1 saturated heterocycles. The highest BCUT2D eigenvalue weighted by atomic mass is 32.2. The van der Waals surface area contributed by atoms with E-state index in [1.165, 1.54) is 102 Å². The Balaban J connectivity index is 1.10. The number of nitrogens with one attached hydrogen (secondary N) is 10. The number of primary amides is 1. The number of aromatic hydroxyl groups is 1. The van der Waals surface area contributed by atoms with Gasteiger partial charge in [-0.15, -0.1) is 0 Å². The number of benzene rings is 4. The van der Waals surface area contributed by atoms with E-state index in [9.17, 15) is 71.7 Å². The van der Waals surface area contributed by atoms with Crippen LogP contribution in [-0.2, 0) is 83.5 Å². The number of halogens is 2. The number of aromatic nitrogens is 2. The highest BCUT2D eigenvalue weighted by molar-refractivity contribution is 7.98. The largest absolute Gasteiger partial charge is 0.508 e. The predicted molar refractivity (Wildman–Crippen MR) is 350 cm³/mol. The zero-order chi connectivity index (χ0) is 68.3. The van der Waals surface area contributed by atoms with Gasteiger partial charge >= 0.3 is 5.97 Å². The van der Waals surface area contributed by atoms with Crippen LogP contribution in [0, 0.1) is 11.6 Å². The second-order valence-corrected chi connectivity index (χ2v) is 25.5. The van der Waals surface area contributed by atoms with Crippen molar-refractivity contribution in [2.45, 2.75) is 131 Å². The van der Waals surface area contributed by atoms with E-state index in [0.29, 0.717) is 70.6 Å². The first kappa shape index (κ1) is 71.3. The number of unbranched alkanes of at least 4 members (excludes halogenated alkanes) is 1. The molecule has 0 unspecified atom stereocenters. The smallest absolute Gasteiger partial charge is 0.305 e. The van der Waals surface area contributed by atoms with Crippen molar-refractivity contribution < 1.29 is 71.7 Å². The molecule has 6 aromatic rings.